The zero-order chi connectivity index (χ0) is 19.5. The zero-order valence-electron chi connectivity index (χ0n) is 16.3. The van der Waals surface area contributed by atoms with Crippen molar-refractivity contribution in [3.05, 3.63) is 0 Å². The minimum atomic E-state index is -1.22. The van der Waals surface area contributed by atoms with Gasteiger partial charge in [-0.3, -0.25) is 0 Å². The quantitative estimate of drug-likeness (QED) is 0.416. The minimum Gasteiger partial charge on any atom is -0.444 e. The van der Waals surface area contributed by atoms with Crippen LogP contribution in [0.2, 0.25) is 0 Å². The van der Waals surface area contributed by atoms with Crippen LogP contribution >= 0.6 is 0 Å². The number of alkyl carbamates (subject to hydrolysis) is 2. The summed E-state index contributed by atoms with van der Waals surface area (Å²) >= 11 is 0. The lowest BCUT2D eigenvalue weighted by molar-refractivity contribution is -0.0224. The molecule has 0 fully saturated rings. The van der Waals surface area contributed by atoms with Crippen LogP contribution in [0, 0.1) is 0 Å². The van der Waals surface area contributed by atoms with Gasteiger partial charge in [0.05, 0.1) is 0 Å². The molecular weight excluding hydrogens is 324 g/mol. The second-order valence-corrected chi connectivity index (χ2v) is 6.44. The van der Waals surface area contributed by atoms with E-state index in [0.717, 1.165) is 25.7 Å². The predicted molar refractivity (Wildman–Crippen MR) is 98.3 cm³/mol. The molecule has 0 saturated carbocycles. The van der Waals surface area contributed by atoms with Crippen molar-refractivity contribution in [2.75, 3.05) is 13.1 Å². The zero-order valence-corrected chi connectivity index (χ0v) is 16.3. The Labute approximate surface area is 151 Å². The van der Waals surface area contributed by atoms with Gasteiger partial charge in [-0.15, -0.1) is 0 Å². The van der Waals surface area contributed by atoms with Gasteiger partial charge in [-0.05, 0) is 33.6 Å². The van der Waals surface area contributed by atoms with Crippen molar-refractivity contribution in [1.29, 1.82) is 0 Å². The van der Waals surface area contributed by atoms with Crippen LogP contribution in [0.3, 0.4) is 0 Å². The topological polar surface area (TPSA) is 129 Å². The Morgan fingerprint density at radius 1 is 0.920 bits per heavy atom. The lowest BCUT2D eigenvalue weighted by atomic mass is 9.82. The van der Waals surface area contributed by atoms with E-state index in [1.165, 1.54) is 0 Å². The van der Waals surface area contributed by atoms with Gasteiger partial charge in [0.25, 0.3) is 0 Å². The lowest BCUT2D eigenvalue weighted by Crippen LogP contribution is -2.69. The van der Waals surface area contributed by atoms with Crippen molar-refractivity contribution in [3.8, 4) is 0 Å². The summed E-state index contributed by atoms with van der Waals surface area (Å²) in [5.41, 5.74) is 11.2. The molecule has 6 N–H and O–H groups in total. The Bertz CT molecular complexity index is 374. The highest BCUT2D eigenvalue weighted by molar-refractivity contribution is 5.68. The summed E-state index contributed by atoms with van der Waals surface area (Å²) in [5, 5.41) is 5.32. The van der Waals surface area contributed by atoms with E-state index in [0.29, 0.717) is 13.1 Å². The maximum Gasteiger partial charge on any atom is 0.407 e. The Balaban J connectivity index is 4.78. The predicted octanol–water partition coefficient (Wildman–Crippen LogP) is 1.86. The minimum absolute atomic E-state index is 0.531. The van der Waals surface area contributed by atoms with Gasteiger partial charge in [-0.2, -0.15) is 0 Å². The smallest absolute Gasteiger partial charge is 0.407 e. The molecule has 3 unspecified atom stereocenters. The van der Waals surface area contributed by atoms with Crippen LogP contribution in [0.25, 0.3) is 0 Å². The number of unbranched alkanes of at least 4 members (excludes halogenated alkanes) is 2. The van der Waals surface area contributed by atoms with Gasteiger partial charge in [0, 0.05) is 19.1 Å². The fraction of sp³-hybridized carbons (Fsp3) is 0.882. The van der Waals surface area contributed by atoms with Crippen LogP contribution in [0.4, 0.5) is 9.59 Å². The third-order valence-electron chi connectivity index (χ3n) is 4.36. The summed E-state index contributed by atoms with van der Waals surface area (Å²) in [5.74, 6) is 0. The molecule has 8 nitrogen and oxygen atoms in total. The second kappa shape index (κ2) is 11.9. The number of hydrogen-bond donors (Lipinski definition) is 4. The molecule has 148 valence electrons. The average Bonchev–Trinajstić information content (AvgIpc) is 2.53. The summed E-state index contributed by atoms with van der Waals surface area (Å²) in [6.45, 7) is 10.1. The first-order chi connectivity index (χ1) is 11.7. The van der Waals surface area contributed by atoms with Crippen LogP contribution in [0.5, 0.6) is 0 Å². The molecule has 3 atom stereocenters. The molecule has 0 heterocycles. The molecule has 0 aromatic heterocycles. The highest BCUT2D eigenvalue weighted by Gasteiger charge is 2.45. The molecule has 25 heavy (non-hydrogen) atoms. The summed E-state index contributed by atoms with van der Waals surface area (Å²) in [7, 11) is 0. The number of ether oxygens (including phenoxy) is 2. The van der Waals surface area contributed by atoms with E-state index in [9.17, 15) is 9.59 Å². The van der Waals surface area contributed by atoms with Crippen molar-refractivity contribution in [3.63, 3.8) is 0 Å². The van der Waals surface area contributed by atoms with Gasteiger partial charge < -0.3 is 31.6 Å². The van der Waals surface area contributed by atoms with E-state index in [-0.39, 0.29) is 0 Å². The molecule has 0 aliphatic rings. The molecule has 0 radical (unpaired) electrons. The Morgan fingerprint density at radius 2 is 1.28 bits per heavy atom. The molecule has 0 aliphatic carbocycles. The first-order valence-corrected chi connectivity index (χ1v) is 9.13. The fourth-order valence-corrected chi connectivity index (χ4v) is 2.41. The second-order valence-electron chi connectivity index (χ2n) is 6.44. The van der Waals surface area contributed by atoms with E-state index in [4.69, 9.17) is 20.9 Å². The van der Waals surface area contributed by atoms with Gasteiger partial charge in [0.15, 0.2) is 0 Å². The van der Waals surface area contributed by atoms with Crippen LogP contribution in [-0.4, -0.2) is 49.1 Å². The van der Waals surface area contributed by atoms with Gasteiger partial charge >= 0.3 is 12.2 Å². The molecule has 0 bridgehead atoms. The molecule has 2 amide bonds. The summed E-state index contributed by atoms with van der Waals surface area (Å²) in [6, 6.07) is -0.565. The van der Waals surface area contributed by atoms with E-state index in [1.54, 1.807) is 20.8 Å². The maximum absolute atomic E-state index is 11.9. The van der Waals surface area contributed by atoms with Gasteiger partial charge in [-0.25, -0.2) is 9.59 Å². The number of rotatable bonds is 11. The number of nitrogens with one attached hydrogen (secondary N) is 2. The van der Waals surface area contributed by atoms with E-state index in [1.807, 2.05) is 13.8 Å². The standard InChI is InChI=1S/C17H36N4O4/c1-6-8-10-20-15(22)24-13(4)17(19,12(3)18)14(5)25-16(23)21-11-9-7-2/h12-14H,6-11,18-19H2,1-5H3,(H,20,22)(H,21,23). The molecular formula is C17H36N4O4. The highest BCUT2D eigenvalue weighted by atomic mass is 16.6. The van der Waals surface area contributed by atoms with Gasteiger partial charge in [0.1, 0.15) is 17.7 Å². The number of carbonyl (C=O) groups is 2. The average molecular weight is 360 g/mol. The largest absolute Gasteiger partial charge is 0.444 e. The molecule has 0 aromatic carbocycles. The van der Waals surface area contributed by atoms with Gasteiger partial charge in [0.2, 0.25) is 0 Å². The molecule has 0 rings (SSSR count). The molecule has 0 aromatic rings. The third kappa shape index (κ3) is 7.92. The molecule has 8 heteroatoms. The SMILES string of the molecule is CCCCNC(=O)OC(C)C(N)(C(C)N)C(C)OC(=O)NCCCC. The number of nitrogens with two attached hydrogens (primary N) is 2. The molecule has 0 saturated heterocycles. The van der Waals surface area contributed by atoms with E-state index >= 15 is 0 Å². The Hall–Kier alpha value is -1.54. The maximum atomic E-state index is 11.9. The fourth-order valence-electron chi connectivity index (χ4n) is 2.41. The number of carbonyl (C=O) groups excluding carboxylic acids is 2. The van der Waals surface area contributed by atoms with Crippen molar-refractivity contribution in [1.82, 2.24) is 10.6 Å². The number of hydrogen-bond acceptors (Lipinski definition) is 6. The van der Waals surface area contributed by atoms with E-state index in [2.05, 4.69) is 10.6 Å². The Morgan fingerprint density at radius 3 is 1.56 bits per heavy atom. The highest BCUT2D eigenvalue weighted by Crippen LogP contribution is 2.22. The first kappa shape index (κ1) is 23.5. The summed E-state index contributed by atoms with van der Waals surface area (Å²) < 4.78 is 10.7. The third-order valence-corrected chi connectivity index (χ3v) is 4.36. The summed E-state index contributed by atoms with van der Waals surface area (Å²) in [4.78, 5) is 23.7. The van der Waals surface area contributed by atoms with Crippen LogP contribution in [0.15, 0.2) is 0 Å². The molecule has 0 aliphatic heterocycles. The van der Waals surface area contributed by atoms with Gasteiger partial charge in [-0.1, -0.05) is 26.7 Å². The van der Waals surface area contributed by atoms with Crippen molar-refractivity contribution in [2.24, 2.45) is 11.5 Å². The van der Waals surface area contributed by atoms with Crippen LogP contribution < -0.4 is 22.1 Å². The first-order valence-electron chi connectivity index (χ1n) is 9.13. The monoisotopic (exact) mass is 360 g/mol. The summed E-state index contributed by atoms with van der Waals surface area (Å²) in [6.07, 6.45) is 1.06. The van der Waals surface area contributed by atoms with Crippen molar-refractivity contribution in [2.45, 2.75) is 84.1 Å². The normalized spacial score (nSPS) is 16.9. The lowest BCUT2D eigenvalue weighted by Gasteiger charge is -2.41. The number of amides is 2. The molecule has 0 spiro atoms. The van der Waals surface area contributed by atoms with Crippen LogP contribution in [-0.2, 0) is 9.47 Å². The van der Waals surface area contributed by atoms with E-state index < -0.39 is 36.0 Å². The van der Waals surface area contributed by atoms with Crippen molar-refractivity contribution < 1.29 is 19.1 Å². The van der Waals surface area contributed by atoms with Crippen LogP contribution in [0.1, 0.15) is 60.3 Å². The Kier molecular flexibility index (Phi) is 11.2. The van der Waals surface area contributed by atoms with Crippen molar-refractivity contribution >= 4 is 12.2 Å².